The van der Waals surface area contributed by atoms with E-state index in [1.54, 1.807) is 0 Å². The molecule has 0 fully saturated rings. The molecule has 24 heavy (non-hydrogen) atoms. The average molecular weight is 356 g/mol. The standard InChI is InChI=1S/C14H16N2O7S/c1-23-7-6-16-14(20)10-3-2-9(8-11(10)24(16,21)22)13(19)15-5-4-12(17)18/h2-3,8H,4-7H2,1H3,(H,15,19)(H,17,18). The Bertz CT molecular complexity index is 788. The van der Waals surface area contributed by atoms with E-state index in [9.17, 15) is 22.8 Å². The van der Waals surface area contributed by atoms with Gasteiger partial charge in [0.2, 0.25) is 0 Å². The van der Waals surface area contributed by atoms with Crippen LogP contribution in [0.4, 0.5) is 0 Å². The molecule has 0 atom stereocenters. The smallest absolute Gasteiger partial charge is 0.305 e. The Balaban J connectivity index is 2.25. The number of nitrogens with zero attached hydrogens (tertiary/aromatic N) is 1. The summed E-state index contributed by atoms with van der Waals surface area (Å²) in [6.45, 7) is -0.148. The minimum absolute atomic E-state index is 0.00631. The number of nitrogens with one attached hydrogen (secondary N) is 1. The molecule has 0 aliphatic carbocycles. The molecule has 1 aromatic rings. The number of rotatable bonds is 7. The normalized spacial score (nSPS) is 15.2. The van der Waals surface area contributed by atoms with Crippen LogP contribution in [0.25, 0.3) is 0 Å². The number of carboxylic acid groups (broad SMARTS) is 1. The van der Waals surface area contributed by atoms with Crippen molar-refractivity contribution in [1.82, 2.24) is 9.62 Å². The van der Waals surface area contributed by atoms with E-state index in [2.05, 4.69) is 5.32 Å². The van der Waals surface area contributed by atoms with Crippen LogP contribution in [-0.4, -0.2) is 62.4 Å². The lowest BCUT2D eigenvalue weighted by Gasteiger charge is -2.13. The molecule has 0 aromatic heterocycles. The molecule has 1 heterocycles. The van der Waals surface area contributed by atoms with Gasteiger partial charge in [0.05, 0.1) is 25.1 Å². The number of ether oxygens (including phenoxy) is 1. The Morgan fingerprint density at radius 3 is 2.67 bits per heavy atom. The van der Waals surface area contributed by atoms with E-state index in [1.807, 2.05) is 0 Å². The lowest BCUT2D eigenvalue weighted by Crippen LogP contribution is -2.33. The summed E-state index contributed by atoms with van der Waals surface area (Å²) in [6.07, 6.45) is -0.252. The molecule has 2 N–H and O–H groups in total. The third-order valence-corrected chi connectivity index (χ3v) is 5.21. The number of hydrogen-bond acceptors (Lipinski definition) is 6. The number of methoxy groups -OCH3 is 1. The highest BCUT2D eigenvalue weighted by Crippen LogP contribution is 2.30. The molecule has 1 aliphatic rings. The van der Waals surface area contributed by atoms with Crippen molar-refractivity contribution in [3.8, 4) is 0 Å². The van der Waals surface area contributed by atoms with E-state index < -0.39 is 27.8 Å². The zero-order valence-corrected chi connectivity index (χ0v) is 13.6. The zero-order valence-electron chi connectivity index (χ0n) is 12.8. The number of sulfonamides is 1. The number of benzene rings is 1. The van der Waals surface area contributed by atoms with E-state index >= 15 is 0 Å². The van der Waals surface area contributed by atoms with Crippen molar-refractivity contribution in [2.24, 2.45) is 0 Å². The predicted octanol–water partition coefficient (Wildman–Crippen LogP) is -0.318. The maximum absolute atomic E-state index is 12.4. The third-order valence-electron chi connectivity index (χ3n) is 3.39. The van der Waals surface area contributed by atoms with Gasteiger partial charge in [-0.1, -0.05) is 0 Å². The molecule has 0 saturated carbocycles. The van der Waals surface area contributed by atoms with Gasteiger partial charge in [-0.2, -0.15) is 0 Å². The van der Waals surface area contributed by atoms with Crippen molar-refractivity contribution in [2.45, 2.75) is 11.3 Å². The summed E-state index contributed by atoms with van der Waals surface area (Å²) in [5.41, 5.74) is 0.0253. The van der Waals surface area contributed by atoms with Crippen LogP contribution in [0.3, 0.4) is 0 Å². The number of amides is 2. The summed E-state index contributed by atoms with van der Waals surface area (Å²) >= 11 is 0. The Labute approximate surface area is 138 Å². The molecule has 9 nitrogen and oxygen atoms in total. The monoisotopic (exact) mass is 356 g/mol. The zero-order chi connectivity index (χ0) is 17.9. The van der Waals surface area contributed by atoms with Crippen LogP contribution < -0.4 is 5.32 Å². The Morgan fingerprint density at radius 1 is 1.33 bits per heavy atom. The van der Waals surface area contributed by atoms with E-state index in [-0.39, 0.29) is 42.1 Å². The second-order valence-corrected chi connectivity index (χ2v) is 6.82. The molecular formula is C14H16N2O7S. The van der Waals surface area contributed by atoms with Crippen molar-refractivity contribution < 1.29 is 32.6 Å². The predicted molar refractivity (Wildman–Crippen MR) is 81.1 cm³/mol. The molecule has 0 unspecified atom stereocenters. The van der Waals surface area contributed by atoms with Gasteiger partial charge in [-0.15, -0.1) is 0 Å². The van der Waals surface area contributed by atoms with Gasteiger partial charge in [0.25, 0.3) is 21.8 Å². The van der Waals surface area contributed by atoms with Crippen LogP contribution in [0.5, 0.6) is 0 Å². The fraction of sp³-hybridized carbons (Fsp3) is 0.357. The van der Waals surface area contributed by atoms with Gasteiger partial charge in [0.15, 0.2) is 0 Å². The lowest BCUT2D eigenvalue weighted by atomic mass is 10.1. The topological polar surface area (TPSA) is 130 Å². The molecule has 0 radical (unpaired) electrons. The lowest BCUT2D eigenvalue weighted by molar-refractivity contribution is -0.136. The van der Waals surface area contributed by atoms with E-state index in [1.165, 1.54) is 19.2 Å². The number of hydrogen-bond donors (Lipinski definition) is 2. The van der Waals surface area contributed by atoms with Crippen LogP contribution in [0.2, 0.25) is 0 Å². The summed E-state index contributed by atoms with van der Waals surface area (Å²) < 4.78 is 30.3. The Kier molecular flexibility index (Phi) is 5.20. The van der Waals surface area contributed by atoms with E-state index in [4.69, 9.17) is 9.84 Å². The fourth-order valence-corrected chi connectivity index (χ4v) is 3.77. The van der Waals surface area contributed by atoms with Crippen LogP contribution >= 0.6 is 0 Å². The third kappa shape index (κ3) is 3.39. The van der Waals surface area contributed by atoms with Crippen LogP contribution in [0, 0.1) is 0 Å². The molecular weight excluding hydrogens is 340 g/mol. The summed E-state index contributed by atoms with van der Waals surface area (Å²) in [7, 11) is -2.64. The fourth-order valence-electron chi connectivity index (χ4n) is 2.20. The number of carbonyl (C=O) groups excluding carboxylic acids is 2. The van der Waals surface area contributed by atoms with Gasteiger partial charge < -0.3 is 15.2 Å². The maximum Gasteiger partial charge on any atom is 0.305 e. The van der Waals surface area contributed by atoms with Crippen molar-refractivity contribution in [1.29, 1.82) is 0 Å². The summed E-state index contributed by atoms with van der Waals surface area (Å²) in [6, 6.07) is 3.71. The first-order valence-corrected chi connectivity index (χ1v) is 8.43. The molecule has 0 bridgehead atoms. The number of fused-ring (bicyclic) bond motifs is 1. The Hall–Kier alpha value is -2.46. The highest BCUT2D eigenvalue weighted by atomic mass is 32.2. The molecule has 10 heteroatoms. The molecule has 130 valence electrons. The molecule has 2 rings (SSSR count). The van der Waals surface area contributed by atoms with Crippen molar-refractivity contribution in [3.05, 3.63) is 29.3 Å². The summed E-state index contributed by atoms with van der Waals surface area (Å²) in [5.74, 6) is -2.34. The summed E-state index contributed by atoms with van der Waals surface area (Å²) in [5, 5.41) is 10.9. The van der Waals surface area contributed by atoms with Gasteiger partial charge in [-0.25, -0.2) is 12.7 Å². The van der Waals surface area contributed by atoms with Crippen LogP contribution in [-0.2, 0) is 19.6 Å². The molecule has 1 aliphatic heterocycles. The van der Waals surface area contributed by atoms with Gasteiger partial charge in [0.1, 0.15) is 4.90 Å². The van der Waals surface area contributed by atoms with Gasteiger partial charge >= 0.3 is 5.97 Å². The maximum atomic E-state index is 12.4. The minimum atomic E-state index is -4.03. The highest BCUT2D eigenvalue weighted by molar-refractivity contribution is 7.90. The van der Waals surface area contributed by atoms with Gasteiger partial charge in [-0.3, -0.25) is 14.4 Å². The second kappa shape index (κ2) is 6.97. The van der Waals surface area contributed by atoms with E-state index in [0.717, 1.165) is 6.07 Å². The van der Waals surface area contributed by atoms with Gasteiger partial charge in [-0.05, 0) is 18.2 Å². The van der Waals surface area contributed by atoms with Crippen molar-refractivity contribution in [2.75, 3.05) is 26.8 Å². The number of aliphatic carboxylic acids is 1. The van der Waals surface area contributed by atoms with Crippen LogP contribution in [0.15, 0.2) is 23.1 Å². The Morgan fingerprint density at radius 2 is 2.04 bits per heavy atom. The van der Waals surface area contributed by atoms with Gasteiger partial charge in [0, 0.05) is 19.2 Å². The van der Waals surface area contributed by atoms with E-state index in [0.29, 0.717) is 4.31 Å². The second-order valence-electron chi connectivity index (χ2n) is 4.99. The molecule has 1 aromatic carbocycles. The minimum Gasteiger partial charge on any atom is -0.481 e. The highest BCUT2D eigenvalue weighted by Gasteiger charge is 2.41. The first-order chi connectivity index (χ1) is 11.3. The first-order valence-electron chi connectivity index (χ1n) is 6.99. The average Bonchev–Trinajstić information content (AvgIpc) is 2.71. The van der Waals surface area contributed by atoms with Crippen molar-refractivity contribution >= 4 is 27.8 Å². The SMILES string of the molecule is COCCN1C(=O)c2ccc(C(=O)NCCC(=O)O)cc2S1(=O)=O. The molecule has 0 saturated heterocycles. The molecule has 2 amide bonds. The summed E-state index contributed by atoms with van der Waals surface area (Å²) in [4.78, 5) is 34.3. The number of carboxylic acids is 1. The largest absolute Gasteiger partial charge is 0.481 e. The number of carbonyl (C=O) groups is 3. The quantitative estimate of drug-likeness (QED) is 0.685. The van der Waals surface area contributed by atoms with Crippen LogP contribution in [0.1, 0.15) is 27.1 Å². The molecule has 0 spiro atoms. The first kappa shape index (κ1) is 17.9. The van der Waals surface area contributed by atoms with Crippen molar-refractivity contribution in [3.63, 3.8) is 0 Å².